The van der Waals surface area contributed by atoms with Crippen molar-refractivity contribution in [3.63, 3.8) is 0 Å². The van der Waals surface area contributed by atoms with Crippen molar-refractivity contribution in [3.05, 3.63) is 113 Å². The molecule has 2 aromatic carbocycles. The molecule has 1 unspecified atom stereocenters. The van der Waals surface area contributed by atoms with Crippen LogP contribution in [0.2, 0.25) is 0 Å². The summed E-state index contributed by atoms with van der Waals surface area (Å²) in [6.07, 6.45) is 6.48. The molecule has 6 rings (SSSR count). The third-order valence-electron chi connectivity index (χ3n) is 6.56. The number of hydrogen-bond donors (Lipinski definition) is 2. The Morgan fingerprint density at radius 3 is 2.40 bits per heavy atom. The van der Waals surface area contributed by atoms with Gasteiger partial charge in [0.25, 0.3) is 0 Å². The quantitative estimate of drug-likeness (QED) is 0.253. The second-order valence-electron chi connectivity index (χ2n) is 9.71. The summed E-state index contributed by atoms with van der Waals surface area (Å²) in [6.45, 7) is 3.03. The smallest absolute Gasteiger partial charge is 0.137 e. The third kappa shape index (κ3) is 8.03. The lowest BCUT2D eigenvalue weighted by atomic mass is 9.93. The predicted molar refractivity (Wildman–Crippen MR) is 152 cm³/mol. The van der Waals surface area contributed by atoms with Crippen LogP contribution in [0.25, 0.3) is 0 Å². The summed E-state index contributed by atoms with van der Waals surface area (Å²) in [7, 11) is 0. The van der Waals surface area contributed by atoms with Gasteiger partial charge in [-0.2, -0.15) is 10.2 Å². The highest BCUT2D eigenvalue weighted by Crippen LogP contribution is 2.28. The number of nitrogens with zero attached hydrogens (tertiary/aromatic N) is 6. The Balaban J connectivity index is 0.000000169. The maximum absolute atomic E-state index is 14.1. The molecule has 220 valence electrons. The molecule has 1 aliphatic heterocycles. The van der Waals surface area contributed by atoms with Gasteiger partial charge in [-0.3, -0.25) is 0 Å². The number of hydrogen-bond acceptors (Lipinski definition) is 9. The van der Waals surface area contributed by atoms with Gasteiger partial charge in [0.15, 0.2) is 0 Å². The van der Waals surface area contributed by atoms with Gasteiger partial charge in [-0.15, -0.1) is 11.3 Å². The molecule has 0 spiro atoms. The highest BCUT2D eigenvalue weighted by molar-refractivity contribution is 7.09. The minimum atomic E-state index is -1.70. The summed E-state index contributed by atoms with van der Waals surface area (Å²) >= 11 is 1.78. The van der Waals surface area contributed by atoms with Gasteiger partial charge in [0.2, 0.25) is 0 Å². The number of morpholine rings is 1. The molecule has 10 nitrogen and oxygen atoms in total. The summed E-state index contributed by atoms with van der Waals surface area (Å²) in [4.78, 5) is 8.93. The van der Waals surface area contributed by atoms with Gasteiger partial charge in [-0.25, -0.2) is 28.1 Å². The van der Waals surface area contributed by atoms with Crippen molar-refractivity contribution in [3.8, 4) is 5.75 Å². The number of aliphatic hydroxyl groups is 1. The van der Waals surface area contributed by atoms with Crippen LogP contribution < -0.4 is 10.1 Å². The van der Waals surface area contributed by atoms with Crippen molar-refractivity contribution in [2.45, 2.75) is 31.2 Å². The number of benzene rings is 2. The average molecular weight is 596 g/mol. The summed E-state index contributed by atoms with van der Waals surface area (Å²) in [5.74, 6) is -0.595. The van der Waals surface area contributed by atoms with Gasteiger partial charge in [0, 0.05) is 36.0 Å². The van der Waals surface area contributed by atoms with Gasteiger partial charge in [-0.1, -0.05) is 30.3 Å². The van der Waals surface area contributed by atoms with Gasteiger partial charge < -0.3 is 19.9 Å². The Kier molecular flexibility index (Phi) is 9.98. The molecule has 0 bridgehead atoms. The average Bonchev–Trinajstić information content (AvgIpc) is 3.79. The van der Waals surface area contributed by atoms with E-state index in [1.54, 1.807) is 11.3 Å². The Bertz CT molecular complexity index is 1460. The van der Waals surface area contributed by atoms with Crippen LogP contribution in [0.5, 0.6) is 5.75 Å². The lowest BCUT2D eigenvalue weighted by Crippen LogP contribution is -2.41. The van der Waals surface area contributed by atoms with E-state index in [2.05, 4.69) is 55.1 Å². The highest BCUT2D eigenvalue weighted by atomic mass is 32.1. The first-order valence-electron chi connectivity index (χ1n) is 13.4. The SMILES string of the molecule is OC(Cn1cncn1)(Cn1cncn1)c1ccc(F)cc1F.c1csc(Cc2ccccc2OCC2CNCCO2)c1. The number of aromatic nitrogens is 6. The second-order valence-corrected chi connectivity index (χ2v) is 10.7. The number of thiophene rings is 1. The van der Waals surface area contributed by atoms with Crippen molar-refractivity contribution >= 4 is 11.3 Å². The first-order valence-corrected chi connectivity index (χ1v) is 14.2. The van der Waals surface area contributed by atoms with Crippen LogP contribution in [-0.2, 0) is 29.8 Å². The molecule has 1 atom stereocenters. The van der Waals surface area contributed by atoms with Crippen LogP contribution in [-0.4, -0.2) is 67.0 Å². The molecular weight excluding hydrogens is 564 g/mol. The minimum Gasteiger partial charge on any atom is -0.491 e. The molecule has 1 aliphatic rings. The van der Waals surface area contributed by atoms with E-state index in [1.807, 2.05) is 12.1 Å². The van der Waals surface area contributed by atoms with Crippen LogP contribution >= 0.6 is 11.3 Å². The molecular formula is C29H31F2N7O3S. The zero-order valence-corrected chi connectivity index (χ0v) is 23.5. The standard InChI is InChI=1S/C16H19NO2S.C13H12F2N6O/c1-2-6-16(19-12-14-11-17-7-8-18-14)13(4-1)10-15-5-3-9-20-15;14-10-1-2-11(12(15)3-10)13(22,4-20-8-16-6-18-20)5-21-9-17-7-19-21/h1-6,9,14,17H,7-8,10-12H2;1-3,6-9,22H,4-5H2. The summed E-state index contributed by atoms with van der Waals surface area (Å²) < 4.78 is 41.6. The normalized spacial score (nSPS) is 15.2. The maximum Gasteiger partial charge on any atom is 0.137 e. The van der Waals surface area contributed by atoms with Crippen molar-refractivity contribution in [1.82, 2.24) is 34.8 Å². The van der Waals surface area contributed by atoms with Gasteiger partial charge >= 0.3 is 0 Å². The van der Waals surface area contributed by atoms with E-state index in [0.29, 0.717) is 6.61 Å². The number of nitrogens with one attached hydrogen (secondary N) is 1. The molecule has 3 aromatic heterocycles. The molecule has 0 radical (unpaired) electrons. The second kappa shape index (κ2) is 14.2. The fourth-order valence-corrected chi connectivity index (χ4v) is 5.28. The van der Waals surface area contributed by atoms with Gasteiger partial charge in [0.1, 0.15) is 61.0 Å². The molecule has 0 saturated carbocycles. The predicted octanol–water partition coefficient (Wildman–Crippen LogP) is 3.44. The van der Waals surface area contributed by atoms with E-state index in [-0.39, 0.29) is 24.8 Å². The lowest BCUT2D eigenvalue weighted by Gasteiger charge is -2.28. The van der Waals surface area contributed by atoms with Gasteiger partial charge in [-0.05, 0) is 29.1 Å². The molecule has 0 aliphatic carbocycles. The van der Waals surface area contributed by atoms with Crippen LogP contribution in [0.3, 0.4) is 0 Å². The third-order valence-corrected chi connectivity index (χ3v) is 7.44. The number of ether oxygens (including phenoxy) is 2. The van der Waals surface area contributed by atoms with E-state index in [4.69, 9.17) is 9.47 Å². The van der Waals surface area contributed by atoms with Crippen LogP contribution in [0, 0.1) is 11.6 Å². The van der Waals surface area contributed by atoms with Crippen molar-refractivity contribution in [1.29, 1.82) is 0 Å². The zero-order chi connectivity index (χ0) is 29.2. The highest BCUT2D eigenvalue weighted by Gasteiger charge is 2.34. The Hall–Kier alpha value is -4.04. The fraction of sp³-hybridized carbons (Fsp3) is 0.310. The summed E-state index contributed by atoms with van der Waals surface area (Å²) in [5.41, 5.74) is -0.516. The van der Waals surface area contributed by atoms with Crippen LogP contribution in [0.1, 0.15) is 16.0 Å². The van der Waals surface area contributed by atoms with E-state index in [0.717, 1.165) is 44.0 Å². The van der Waals surface area contributed by atoms with Crippen molar-refractivity contribution in [2.24, 2.45) is 0 Å². The molecule has 5 aromatic rings. The van der Waals surface area contributed by atoms with Crippen LogP contribution in [0.15, 0.2) is 85.3 Å². The molecule has 13 heteroatoms. The monoisotopic (exact) mass is 595 g/mol. The number of halogens is 2. The molecule has 1 fully saturated rings. The van der Waals surface area contributed by atoms with Crippen LogP contribution in [0.4, 0.5) is 8.78 Å². The molecule has 42 heavy (non-hydrogen) atoms. The molecule has 1 saturated heterocycles. The number of para-hydroxylation sites is 1. The van der Waals surface area contributed by atoms with E-state index in [1.165, 1.54) is 51.2 Å². The fourth-order valence-electron chi connectivity index (χ4n) is 4.55. The van der Waals surface area contributed by atoms with Crippen molar-refractivity contribution in [2.75, 3.05) is 26.3 Å². The molecule has 2 N–H and O–H groups in total. The Morgan fingerprint density at radius 1 is 1.02 bits per heavy atom. The Labute approximate surface area is 245 Å². The lowest BCUT2D eigenvalue weighted by molar-refractivity contribution is -0.00856. The molecule has 0 amide bonds. The van der Waals surface area contributed by atoms with E-state index >= 15 is 0 Å². The maximum atomic E-state index is 14.1. The largest absolute Gasteiger partial charge is 0.491 e. The first-order chi connectivity index (χ1) is 20.5. The molecule has 4 heterocycles. The Morgan fingerprint density at radius 2 is 1.79 bits per heavy atom. The van der Waals surface area contributed by atoms with Crippen molar-refractivity contribution < 1.29 is 23.4 Å². The number of rotatable bonds is 10. The summed E-state index contributed by atoms with van der Waals surface area (Å²) in [6, 6.07) is 15.5. The minimum absolute atomic E-state index is 0.0556. The first kappa shape index (κ1) is 29.5. The summed E-state index contributed by atoms with van der Waals surface area (Å²) in [5, 5.41) is 24.2. The van der Waals surface area contributed by atoms with E-state index < -0.39 is 17.2 Å². The van der Waals surface area contributed by atoms with E-state index in [9.17, 15) is 13.9 Å². The zero-order valence-electron chi connectivity index (χ0n) is 22.7. The topological polar surface area (TPSA) is 112 Å². The van der Waals surface area contributed by atoms with Gasteiger partial charge in [0.05, 0.1) is 19.7 Å².